The van der Waals surface area contributed by atoms with E-state index in [-0.39, 0.29) is 0 Å². The van der Waals surface area contributed by atoms with Gasteiger partial charge >= 0.3 is 0 Å². The van der Waals surface area contributed by atoms with Gasteiger partial charge in [-0.25, -0.2) is 0 Å². The fourth-order valence-corrected chi connectivity index (χ4v) is 0. The molecule has 0 heterocycles. The molecule has 0 atom stereocenters. The Morgan fingerprint density at radius 2 is 0.417 bits per heavy atom. The van der Waals surface area contributed by atoms with Gasteiger partial charge in [-0.15, -0.1) is 0 Å². The van der Waals surface area contributed by atoms with Crippen LogP contribution >= 0.6 is 0 Å². The predicted molar refractivity (Wildman–Crippen MR) is 78.0 cm³/mol. The van der Waals surface area contributed by atoms with Crippen molar-refractivity contribution in [3.05, 3.63) is 0 Å². The van der Waals surface area contributed by atoms with Crippen molar-refractivity contribution in [2.24, 2.45) is 0 Å². The van der Waals surface area contributed by atoms with Crippen molar-refractivity contribution in [2.45, 2.75) is 27.7 Å². The number of carbonyl (C=O) groups excluding carboxylic acids is 4. The van der Waals surface area contributed by atoms with E-state index < -0.39 is 23.9 Å². The summed E-state index contributed by atoms with van der Waals surface area (Å²) < 4.78 is 0. The maximum absolute atomic E-state index is 8.89. The van der Waals surface area contributed by atoms with E-state index in [1.165, 1.54) is 0 Å². The number of carboxylic acids is 4. The number of quaternary nitrogens is 4. The Labute approximate surface area is 143 Å². The molecule has 12 heteroatoms. The van der Waals surface area contributed by atoms with Gasteiger partial charge in [0.25, 0.3) is 0 Å². The minimum Gasteiger partial charge on any atom is -0.550 e. The minimum absolute atomic E-state index is 0.972. The van der Waals surface area contributed by atoms with Crippen molar-refractivity contribution in [3.8, 4) is 0 Å². The van der Waals surface area contributed by atoms with Gasteiger partial charge in [0.15, 0.2) is 0 Å². The van der Waals surface area contributed by atoms with Crippen molar-refractivity contribution < 1.29 is 62.5 Å². The molecule has 152 valence electrons. The Morgan fingerprint density at radius 3 is 0.417 bits per heavy atom. The first-order valence-corrected chi connectivity index (χ1v) is 6.46. The van der Waals surface area contributed by atoms with Crippen LogP contribution in [0.3, 0.4) is 0 Å². The molecule has 24 heavy (non-hydrogen) atoms. The molecule has 0 unspecified atom stereocenters. The maximum Gasteiger partial charge on any atom is 0.0634 e. The summed E-state index contributed by atoms with van der Waals surface area (Å²) in [5.41, 5.74) is 13.0. The summed E-state index contributed by atoms with van der Waals surface area (Å²) in [6.45, 7) is 3.89. The summed E-state index contributed by atoms with van der Waals surface area (Å²) in [5, 5.41) is 35.6. The lowest BCUT2D eigenvalue weighted by atomic mass is 10.9. The van der Waals surface area contributed by atoms with Crippen LogP contribution in [0.25, 0.3) is 0 Å². The Balaban J connectivity index is -0.0000000208. The number of rotatable bonds is 0. The third kappa shape index (κ3) is 1330. The fraction of sp³-hybridized carbons (Fsp3) is 0.667. The van der Waals surface area contributed by atoms with Crippen LogP contribution in [0.15, 0.2) is 0 Å². The van der Waals surface area contributed by atoms with Crippen LogP contribution in [-0.4, -0.2) is 52.1 Å². The summed E-state index contributed by atoms with van der Waals surface area (Å²) >= 11 is 0. The van der Waals surface area contributed by atoms with Gasteiger partial charge in [0.1, 0.15) is 0 Å². The first kappa shape index (κ1) is 49.5. The zero-order valence-corrected chi connectivity index (χ0v) is 16.1. The second-order valence-electron chi connectivity index (χ2n) is 1.97. The first-order valence-electron chi connectivity index (χ1n) is 6.46. The number of hydrogen-bond acceptors (Lipinski definition) is 8. The van der Waals surface area contributed by atoms with Crippen LogP contribution < -0.4 is 43.4 Å². The monoisotopic (exact) mass is 364 g/mol. The maximum atomic E-state index is 8.89. The average Bonchev–Trinajstić information content (AvgIpc) is 2.44. The molecule has 0 bridgehead atoms. The molecular formula is C12H36N4O8. The largest absolute Gasteiger partial charge is 0.550 e. The highest BCUT2D eigenvalue weighted by Gasteiger charge is 1.47. The van der Waals surface area contributed by atoms with Gasteiger partial charge in [0, 0.05) is 23.9 Å². The number of hydrogen-bond donors (Lipinski definition) is 4. The fourth-order valence-electron chi connectivity index (χ4n) is 0. The van der Waals surface area contributed by atoms with Crippen molar-refractivity contribution >= 4 is 23.9 Å². The van der Waals surface area contributed by atoms with Crippen molar-refractivity contribution in [3.63, 3.8) is 0 Å². The highest BCUT2D eigenvalue weighted by Crippen LogP contribution is 1.32. The molecule has 0 aliphatic heterocycles. The SMILES string of the molecule is CC(=O)[O-].CC(=O)[O-].CC(=O)[O-].CC(=O)[O-].C[NH3+].C[NH3+].C[NH3+].C[NH3+]. The zero-order chi connectivity index (χ0) is 22.3. The van der Waals surface area contributed by atoms with Crippen LogP contribution in [0.2, 0.25) is 0 Å². The number of carbonyl (C=O) groups is 4. The Hall–Kier alpha value is -2.28. The molecule has 12 N–H and O–H groups in total. The van der Waals surface area contributed by atoms with E-state index in [0.29, 0.717) is 0 Å². The minimum atomic E-state index is -1.08. The highest BCUT2D eigenvalue weighted by atomic mass is 16.4. The van der Waals surface area contributed by atoms with Gasteiger partial charge in [-0.05, 0) is 27.7 Å². The molecule has 0 aromatic heterocycles. The molecule has 0 aliphatic carbocycles. The molecule has 0 aromatic carbocycles. The van der Waals surface area contributed by atoms with E-state index in [2.05, 4.69) is 22.9 Å². The van der Waals surface area contributed by atoms with E-state index in [4.69, 9.17) is 39.6 Å². The van der Waals surface area contributed by atoms with Gasteiger partial charge in [-0.1, -0.05) is 0 Å². The third-order valence-electron chi connectivity index (χ3n) is 0. The van der Waals surface area contributed by atoms with Gasteiger partial charge in [0.2, 0.25) is 0 Å². The van der Waals surface area contributed by atoms with Crippen LogP contribution in [0.4, 0.5) is 0 Å². The average molecular weight is 364 g/mol. The van der Waals surface area contributed by atoms with E-state index in [9.17, 15) is 0 Å². The van der Waals surface area contributed by atoms with Gasteiger partial charge < -0.3 is 62.5 Å². The molecular weight excluding hydrogens is 328 g/mol. The number of carboxylic acid groups (broad SMARTS) is 4. The standard InChI is InChI=1S/4C2H4O2.4CH5N/c4*1-2(3)4;4*1-2/h4*1H3,(H,3,4);4*2H2,1H3. The Kier molecular flexibility index (Phi) is 176. The summed E-state index contributed by atoms with van der Waals surface area (Å²) in [4.78, 5) is 35.6. The van der Waals surface area contributed by atoms with Crippen LogP contribution in [0.1, 0.15) is 27.7 Å². The third-order valence-corrected chi connectivity index (χ3v) is 0. The summed E-state index contributed by atoms with van der Waals surface area (Å²) in [6.07, 6.45) is 0. The molecule has 0 saturated heterocycles. The summed E-state index contributed by atoms with van der Waals surface area (Å²) in [7, 11) is 7.00. The predicted octanol–water partition coefficient (Wildman–Crippen LogP) is -9.54. The molecule has 0 aliphatic rings. The topological polar surface area (TPSA) is 271 Å². The highest BCUT2D eigenvalue weighted by molar-refractivity contribution is 5.61. The molecule has 0 spiro atoms. The Morgan fingerprint density at radius 1 is 0.417 bits per heavy atom. The second kappa shape index (κ2) is 85.3. The molecule has 0 amide bonds. The van der Waals surface area contributed by atoms with Gasteiger partial charge in [-0.3, -0.25) is 0 Å². The number of aliphatic carboxylic acids is 4. The van der Waals surface area contributed by atoms with Crippen LogP contribution in [0.5, 0.6) is 0 Å². The van der Waals surface area contributed by atoms with E-state index >= 15 is 0 Å². The molecule has 0 radical (unpaired) electrons. The molecule has 0 aromatic rings. The molecule has 0 rings (SSSR count). The van der Waals surface area contributed by atoms with Gasteiger partial charge in [0.05, 0.1) is 28.2 Å². The van der Waals surface area contributed by atoms with Crippen molar-refractivity contribution in [2.75, 3.05) is 28.2 Å². The van der Waals surface area contributed by atoms with Crippen molar-refractivity contribution in [1.82, 2.24) is 0 Å². The van der Waals surface area contributed by atoms with E-state index in [1.54, 1.807) is 28.2 Å². The first-order chi connectivity index (χ1) is 10.9. The quantitative estimate of drug-likeness (QED) is 0.319. The normalized spacial score (nSPS) is 5.17. The second-order valence-corrected chi connectivity index (χ2v) is 1.97. The smallest absolute Gasteiger partial charge is 0.0634 e. The zero-order valence-electron chi connectivity index (χ0n) is 16.1. The van der Waals surface area contributed by atoms with Crippen LogP contribution in [-0.2, 0) is 19.2 Å². The summed E-state index contributed by atoms with van der Waals surface area (Å²) in [5.74, 6) is -4.33. The summed E-state index contributed by atoms with van der Waals surface area (Å²) in [6, 6.07) is 0. The molecule has 0 fully saturated rings. The van der Waals surface area contributed by atoms with E-state index in [0.717, 1.165) is 27.7 Å². The molecule has 12 nitrogen and oxygen atoms in total. The lowest BCUT2D eigenvalue weighted by Gasteiger charge is -1.77. The Bertz CT molecular complexity index is 175. The lowest BCUT2D eigenvalue weighted by molar-refractivity contribution is -0.325. The molecule has 0 saturated carbocycles. The lowest BCUT2D eigenvalue weighted by Crippen LogP contribution is -2.40. The van der Waals surface area contributed by atoms with E-state index in [1.807, 2.05) is 0 Å². The van der Waals surface area contributed by atoms with Crippen molar-refractivity contribution in [1.29, 1.82) is 0 Å². The van der Waals surface area contributed by atoms with Gasteiger partial charge in [-0.2, -0.15) is 0 Å². The van der Waals surface area contributed by atoms with Crippen LogP contribution in [0, 0.1) is 0 Å².